The highest BCUT2D eigenvalue weighted by Crippen LogP contribution is 2.28. The van der Waals surface area contributed by atoms with Gasteiger partial charge in [0.05, 0.1) is 17.2 Å². The summed E-state index contributed by atoms with van der Waals surface area (Å²) in [5.74, 6) is -0.683. The van der Waals surface area contributed by atoms with Crippen LogP contribution >= 0.6 is 0 Å². The summed E-state index contributed by atoms with van der Waals surface area (Å²) in [7, 11) is 0. The molecule has 2 unspecified atom stereocenters. The Morgan fingerprint density at radius 1 is 1.08 bits per heavy atom. The van der Waals surface area contributed by atoms with E-state index in [1.165, 1.54) is 0 Å². The lowest BCUT2D eigenvalue weighted by Gasteiger charge is -2.30. The number of nitrogens with two attached hydrogens (primary N) is 2. The molecule has 1 saturated carbocycles. The van der Waals surface area contributed by atoms with Crippen LogP contribution in [0.15, 0.2) is 36.4 Å². The number of benzene rings is 1. The number of carbonyl (C=O) groups excluding carboxylic acids is 1. The number of rotatable bonds is 8. The van der Waals surface area contributed by atoms with Crippen molar-refractivity contribution in [3.8, 4) is 5.88 Å². The lowest BCUT2D eigenvalue weighted by molar-refractivity contribution is 0.0664. The monoisotopic (exact) mass is 494 g/mol. The van der Waals surface area contributed by atoms with Crippen LogP contribution in [0.4, 0.5) is 21.7 Å². The average Bonchev–Trinajstić information content (AvgIpc) is 3.39. The van der Waals surface area contributed by atoms with Crippen LogP contribution in [0.1, 0.15) is 48.9 Å². The fourth-order valence-electron chi connectivity index (χ4n) is 4.74. The number of nitrogens with one attached hydrogen (secondary N) is 2. The number of nitrogens with zero attached hydrogens (tertiary/aromatic N) is 2. The van der Waals surface area contributed by atoms with Gasteiger partial charge >= 0.3 is 0 Å². The summed E-state index contributed by atoms with van der Waals surface area (Å²) in [5, 5.41) is 7.10. The van der Waals surface area contributed by atoms with E-state index in [4.69, 9.17) is 20.9 Å². The van der Waals surface area contributed by atoms with Crippen molar-refractivity contribution in [1.82, 2.24) is 9.97 Å². The maximum absolute atomic E-state index is 14.8. The lowest BCUT2D eigenvalue weighted by Crippen LogP contribution is -2.43. The number of anilines is 3. The smallest absolute Gasteiger partial charge is 0.252 e. The summed E-state index contributed by atoms with van der Waals surface area (Å²) in [4.78, 5) is 21.0. The quantitative estimate of drug-likeness (QED) is 0.371. The van der Waals surface area contributed by atoms with Gasteiger partial charge in [-0.05, 0) is 56.0 Å². The van der Waals surface area contributed by atoms with Crippen molar-refractivity contribution < 1.29 is 18.7 Å². The Hall–Kier alpha value is -3.50. The van der Waals surface area contributed by atoms with E-state index >= 15 is 0 Å². The molecule has 10 heteroatoms. The maximum atomic E-state index is 14.8. The number of halogens is 1. The number of hydrogen-bond donors (Lipinski definition) is 4. The van der Waals surface area contributed by atoms with Gasteiger partial charge in [0, 0.05) is 35.8 Å². The number of fused-ring (bicyclic) bond motifs is 1. The van der Waals surface area contributed by atoms with Crippen molar-refractivity contribution in [3.63, 3.8) is 0 Å². The van der Waals surface area contributed by atoms with E-state index in [2.05, 4.69) is 20.6 Å². The molecule has 1 aromatic carbocycles. The van der Waals surface area contributed by atoms with Gasteiger partial charge in [-0.2, -0.15) is 0 Å². The van der Waals surface area contributed by atoms with E-state index in [0.29, 0.717) is 18.2 Å². The first kappa shape index (κ1) is 24.2. The molecule has 1 aliphatic heterocycles. The van der Waals surface area contributed by atoms with Crippen LogP contribution < -0.4 is 26.8 Å². The fourth-order valence-corrected chi connectivity index (χ4v) is 4.74. The second-order valence-corrected chi connectivity index (χ2v) is 9.41. The second-order valence-electron chi connectivity index (χ2n) is 9.41. The molecule has 2 fully saturated rings. The van der Waals surface area contributed by atoms with E-state index in [1.54, 1.807) is 6.07 Å². The van der Waals surface area contributed by atoms with Gasteiger partial charge < -0.3 is 31.6 Å². The predicted molar refractivity (Wildman–Crippen MR) is 136 cm³/mol. The van der Waals surface area contributed by atoms with E-state index in [0.717, 1.165) is 62.1 Å². The van der Waals surface area contributed by atoms with Crippen LogP contribution in [-0.2, 0) is 4.74 Å². The first-order chi connectivity index (χ1) is 17.5. The van der Waals surface area contributed by atoms with Gasteiger partial charge in [0.2, 0.25) is 5.88 Å². The number of pyridine rings is 2. The zero-order valence-electron chi connectivity index (χ0n) is 20.0. The van der Waals surface area contributed by atoms with Crippen LogP contribution in [0.3, 0.4) is 0 Å². The molecule has 3 heterocycles. The Kier molecular flexibility index (Phi) is 7.15. The number of aromatic nitrogens is 2. The fraction of sp³-hybridized carbons (Fsp3) is 0.423. The summed E-state index contributed by atoms with van der Waals surface area (Å²) >= 11 is 0. The van der Waals surface area contributed by atoms with Crippen LogP contribution in [0.2, 0.25) is 0 Å². The Morgan fingerprint density at radius 3 is 2.72 bits per heavy atom. The summed E-state index contributed by atoms with van der Waals surface area (Å²) in [6, 6.07) is 10.2. The molecule has 190 valence electrons. The minimum absolute atomic E-state index is 0.0397. The minimum atomic E-state index is -0.777. The zero-order valence-corrected chi connectivity index (χ0v) is 20.0. The van der Waals surface area contributed by atoms with Crippen molar-refractivity contribution in [2.24, 2.45) is 11.5 Å². The van der Waals surface area contributed by atoms with E-state index in [9.17, 15) is 9.18 Å². The zero-order chi connectivity index (χ0) is 25.1. The SMILES string of the molecule is NC(=O)c1cc(F)c(NC2CCCC[C@@H]2N)nc1Nc1ccc2nc(OCC3CCCO3)ccc2c1. The molecule has 3 aromatic rings. The van der Waals surface area contributed by atoms with Gasteiger partial charge in [-0.3, -0.25) is 4.79 Å². The molecule has 1 saturated heterocycles. The first-order valence-corrected chi connectivity index (χ1v) is 12.4. The van der Waals surface area contributed by atoms with Crippen LogP contribution in [0, 0.1) is 5.82 Å². The van der Waals surface area contributed by atoms with Crippen LogP contribution in [-0.4, -0.2) is 47.3 Å². The topological polar surface area (TPSA) is 137 Å². The molecule has 0 radical (unpaired) electrons. The standard InChI is InChI=1S/C26H31FN6O3/c27-19-13-18(24(29)34)25(33-26(19)32-22-6-2-1-5-20(22)28)30-16-8-9-21-15(12-16)7-10-23(31-21)36-14-17-4-3-11-35-17/h7-10,12-13,17,20,22H,1-6,11,14,28H2,(H2,29,34)(H2,30,32,33)/t17?,20-,22?/m0/s1. The predicted octanol–water partition coefficient (Wildman–Crippen LogP) is 3.85. The Bertz CT molecular complexity index is 1250. The highest BCUT2D eigenvalue weighted by Gasteiger charge is 2.24. The molecule has 9 nitrogen and oxygen atoms in total. The number of amides is 1. The normalized spacial score (nSPS) is 21.9. The van der Waals surface area contributed by atoms with Gasteiger partial charge in [0.25, 0.3) is 5.91 Å². The van der Waals surface area contributed by atoms with Crippen LogP contribution in [0.5, 0.6) is 5.88 Å². The second kappa shape index (κ2) is 10.6. The first-order valence-electron chi connectivity index (χ1n) is 12.4. The molecule has 0 bridgehead atoms. The molecular weight excluding hydrogens is 463 g/mol. The van der Waals surface area contributed by atoms with Gasteiger partial charge in [-0.1, -0.05) is 12.8 Å². The van der Waals surface area contributed by atoms with Crippen molar-refractivity contribution in [3.05, 3.63) is 47.8 Å². The third-order valence-corrected chi connectivity index (χ3v) is 6.75. The molecule has 1 aliphatic carbocycles. The van der Waals surface area contributed by atoms with Gasteiger partial charge in [-0.15, -0.1) is 0 Å². The molecule has 6 N–H and O–H groups in total. The van der Waals surface area contributed by atoms with Gasteiger partial charge in [0.1, 0.15) is 12.4 Å². The Morgan fingerprint density at radius 2 is 1.94 bits per heavy atom. The third kappa shape index (κ3) is 5.50. The molecule has 2 aromatic heterocycles. The van der Waals surface area contributed by atoms with Crippen molar-refractivity contribution >= 4 is 34.1 Å². The van der Waals surface area contributed by atoms with Crippen LogP contribution in [0.25, 0.3) is 10.9 Å². The third-order valence-electron chi connectivity index (χ3n) is 6.75. The average molecular weight is 495 g/mol. The Balaban J connectivity index is 1.35. The molecule has 2 aliphatic rings. The maximum Gasteiger partial charge on any atom is 0.252 e. The van der Waals surface area contributed by atoms with E-state index in [1.807, 2.05) is 24.3 Å². The lowest BCUT2D eigenvalue weighted by atomic mass is 9.91. The summed E-state index contributed by atoms with van der Waals surface area (Å²) in [6.45, 7) is 1.26. The van der Waals surface area contributed by atoms with E-state index in [-0.39, 0.29) is 35.4 Å². The molecule has 3 atom stereocenters. The molecule has 1 amide bonds. The van der Waals surface area contributed by atoms with Gasteiger partial charge in [0.15, 0.2) is 11.6 Å². The van der Waals surface area contributed by atoms with Gasteiger partial charge in [-0.25, -0.2) is 14.4 Å². The van der Waals surface area contributed by atoms with E-state index < -0.39 is 11.7 Å². The number of ether oxygens (including phenoxy) is 2. The van der Waals surface area contributed by atoms with Crippen molar-refractivity contribution in [2.75, 3.05) is 23.8 Å². The highest BCUT2D eigenvalue weighted by atomic mass is 19.1. The number of hydrogen-bond acceptors (Lipinski definition) is 8. The molecule has 5 rings (SSSR count). The molecule has 0 spiro atoms. The number of carbonyl (C=O) groups is 1. The summed E-state index contributed by atoms with van der Waals surface area (Å²) in [6.07, 6.45) is 5.95. The van der Waals surface area contributed by atoms with Crippen molar-refractivity contribution in [2.45, 2.75) is 56.7 Å². The number of primary amides is 1. The minimum Gasteiger partial charge on any atom is -0.475 e. The highest BCUT2D eigenvalue weighted by molar-refractivity contribution is 5.99. The largest absolute Gasteiger partial charge is 0.475 e. The molecular formula is C26H31FN6O3. The molecule has 36 heavy (non-hydrogen) atoms. The van der Waals surface area contributed by atoms with Crippen molar-refractivity contribution in [1.29, 1.82) is 0 Å². The Labute approximate surface area is 208 Å². The summed E-state index contributed by atoms with van der Waals surface area (Å²) in [5.41, 5.74) is 13.1. The summed E-state index contributed by atoms with van der Waals surface area (Å²) < 4.78 is 26.2.